The highest BCUT2D eigenvalue weighted by Gasteiger charge is 2.30. The van der Waals surface area contributed by atoms with Gasteiger partial charge in [-0.15, -0.1) is 10.2 Å². The molecule has 1 heterocycles. The van der Waals surface area contributed by atoms with Crippen molar-refractivity contribution in [1.82, 2.24) is 10.2 Å². The molecule has 1 aromatic heterocycles. The zero-order valence-corrected chi connectivity index (χ0v) is 19.3. The Labute approximate surface area is 175 Å². The van der Waals surface area contributed by atoms with E-state index < -0.39 is 22.0 Å². The Morgan fingerprint density at radius 3 is 2.54 bits per heavy atom. The summed E-state index contributed by atoms with van der Waals surface area (Å²) in [7, 11) is -3.67. The molecule has 1 unspecified atom stereocenters. The van der Waals surface area contributed by atoms with Crippen LogP contribution in [0.1, 0.15) is 31.9 Å². The number of nitrogens with one attached hydrogen (secondary N) is 1. The van der Waals surface area contributed by atoms with E-state index in [1.165, 1.54) is 11.3 Å². The molecule has 10 heteroatoms. The summed E-state index contributed by atoms with van der Waals surface area (Å²) in [6.07, 6.45) is 1.10. The van der Waals surface area contributed by atoms with Crippen LogP contribution in [0.15, 0.2) is 22.5 Å². The number of hydrogen-bond acceptors (Lipinski definition) is 7. The van der Waals surface area contributed by atoms with Crippen molar-refractivity contribution in [2.75, 3.05) is 21.6 Å². The number of thioether (sulfide) groups is 1. The third kappa shape index (κ3) is 5.92. The number of amides is 1. The monoisotopic (exact) mass is 442 g/mol. The van der Waals surface area contributed by atoms with E-state index in [9.17, 15) is 13.2 Å². The number of nitrogens with zero attached hydrogens (tertiary/aromatic N) is 3. The summed E-state index contributed by atoms with van der Waals surface area (Å²) in [4.78, 5) is 12.8. The number of carbonyl (C=O) groups is 1. The van der Waals surface area contributed by atoms with Crippen LogP contribution in [0.4, 0.5) is 10.8 Å². The molecule has 0 saturated heterocycles. The summed E-state index contributed by atoms with van der Waals surface area (Å²) in [6, 6.07) is 4.58. The zero-order valence-electron chi connectivity index (χ0n) is 16.9. The molecule has 2 rings (SSSR count). The van der Waals surface area contributed by atoms with Crippen LogP contribution in [-0.4, -0.2) is 42.6 Å². The molecule has 0 aliphatic heterocycles. The Balaban J connectivity index is 2.22. The number of sulfonamides is 1. The van der Waals surface area contributed by atoms with Crippen LogP contribution in [0.25, 0.3) is 0 Å². The smallest absolute Gasteiger partial charge is 0.249 e. The van der Waals surface area contributed by atoms with E-state index in [0.717, 1.165) is 31.8 Å². The van der Waals surface area contributed by atoms with E-state index in [-0.39, 0.29) is 0 Å². The Morgan fingerprint density at radius 1 is 1.25 bits per heavy atom. The van der Waals surface area contributed by atoms with Crippen molar-refractivity contribution in [3.05, 3.63) is 29.3 Å². The number of hydrogen-bond donors (Lipinski definition) is 1. The summed E-state index contributed by atoms with van der Waals surface area (Å²) < 4.78 is 26.9. The second-order valence-electron chi connectivity index (χ2n) is 7.09. The summed E-state index contributed by atoms with van der Waals surface area (Å²) >= 11 is 2.87. The first-order valence-corrected chi connectivity index (χ1v) is 12.5. The van der Waals surface area contributed by atoms with Gasteiger partial charge in [0.05, 0.1) is 11.9 Å². The number of anilines is 2. The van der Waals surface area contributed by atoms with Crippen molar-refractivity contribution < 1.29 is 13.2 Å². The standard InChI is InChI=1S/C18H26N4O3S3/c1-11(2)10-26-18-21-20-17(27-18)19-16(23)14(5)22(28(6,24)25)15-9-12(3)7-8-13(15)4/h7-9,11,14H,10H2,1-6H3,(H,19,20,23). The van der Waals surface area contributed by atoms with Crippen LogP contribution < -0.4 is 9.62 Å². The number of carbonyl (C=O) groups excluding carboxylic acids is 1. The SMILES string of the molecule is Cc1ccc(C)c(N(C(C)C(=O)Nc2nnc(SCC(C)C)s2)S(C)(=O)=O)c1. The highest BCUT2D eigenvalue weighted by Crippen LogP contribution is 2.29. The highest BCUT2D eigenvalue weighted by molar-refractivity contribution is 8.01. The molecule has 7 nitrogen and oxygen atoms in total. The van der Waals surface area contributed by atoms with E-state index >= 15 is 0 Å². The maximum atomic E-state index is 12.8. The predicted octanol–water partition coefficient (Wildman–Crippen LogP) is 3.70. The van der Waals surface area contributed by atoms with Gasteiger partial charge in [0.1, 0.15) is 6.04 Å². The summed E-state index contributed by atoms with van der Waals surface area (Å²) in [5.74, 6) is 0.976. The third-order valence-corrected chi connectivity index (χ3v) is 7.49. The van der Waals surface area contributed by atoms with Crippen molar-refractivity contribution >= 4 is 49.8 Å². The summed E-state index contributed by atoms with van der Waals surface area (Å²) in [6.45, 7) is 9.50. The lowest BCUT2D eigenvalue weighted by atomic mass is 10.1. The van der Waals surface area contributed by atoms with Gasteiger partial charge in [-0.25, -0.2) is 8.42 Å². The maximum absolute atomic E-state index is 12.8. The van der Waals surface area contributed by atoms with Gasteiger partial charge in [0.15, 0.2) is 4.34 Å². The van der Waals surface area contributed by atoms with Crippen LogP contribution in [0.5, 0.6) is 0 Å². The van der Waals surface area contributed by atoms with E-state index in [1.54, 1.807) is 24.8 Å². The fourth-order valence-electron chi connectivity index (χ4n) is 2.50. The van der Waals surface area contributed by atoms with Gasteiger partial charge in [-0.2, -0.15) is 0 Å². The minimum Gasteiger partial charge on any atom is -0.299 e. The Bertz CT molecular complexity index is 941. The molecule has 1 atom stereocenters. The zero-order chi connectivity index (χ0) is 21.1. The van der Waals surface area contributed by atoms with Gasteiger partial charge < -0.3 is 0 Å². The van der Waals surface area contributed by atoms with Gasteiger partial charge in [0, 0.05) is 5.75 Å². The first-order chi connectivity index (χ1) is 13.0. The first kappa shape index (κ1) is 22.6. The molecule has 154 valence electrons. The average Bonchev–Trinajstić information content (AvgIpc) is 3.02. The normalized spacial score (nSPS) is 12.8. The van der Waals surface area contributed by atoms with Gasteiger partial charge in [-0.1, -0.05) is 49.1 Å². The topological polar surface area (TPSA) is 92.3 Å². The number of aromatic nitrogens is 2. The van der Waals surface area contributed by atoms with Gasteiger partial charge in [-0.05, 0) is 43.9 Å². The summed E-state index contributed by atoms with van der Waals surface area (Å²) in [5.41, 5.74) is 2.19. The number of aryl methyl sites for hydroxylation is 2. The molecule has 0 bridgehead atoms. The van der Waals surface area contributed by atoms with Crippen LogP contribution in [0.2, 0.25) is 0 Å². The quantitative estimate of drug-likeness (QED) is 0.495. The van der Waals surface area contributed by atoms with Crippen molar-refractivity contribution in [3.8, 4) is 0 Å². The maximum Gasteiger partial charge on any atom is 0.249 e. The van der Waals surface area contributed by atoms with Crippen molar-refractivity contribution in [2.45, 2.75) is 45.0 Å². The molecule has 0 spiro atoms. The molecule has 2 aromatic rings. The fourth-order valence-corrected chi connectivity index (χ4v) is 5.46. The molecule has 0 saturated carbocycles. The molecule has 0 fully saturated rings. The summed E-state index contributed by atoms with van der Waals surface area (Å²) in [5, 5.41) is 11.1. The molecule has 0 aliphatic carbocycles. The minimum atomic E-state index is -3.67. The Morgan fingerprint density at radius 2 is 1.93 bits per heavy atom. The van der Waals surface area contributed by atoms with Crippen LogP contribution in [0, 0.1) is 19.8 Å². The highest BCUT2D eigenvalue weighted by atomic mass is 32.2. The average molecular weight is 443 g/mol. The molecule has 28 heavy (non-hydrogen) atoms. The van der Waals surface area contributed by atoms with Gasteiger partial charge >= 0.3 is 0 Å². The molecule has 1 amide bonds. The Kier molecular flexibility index (Phi) is 7.46. The van der Waals surface area contributed by atoms with Crippen molar-refractivity contribution in [1.29, 1.82) is 0 Å². The van der Waals surface area contributed by atoms with E-state index in [0.29, 0.717) is 16.7 Å². The second kappa shape index (κ2) is 9.23. The molecular weight excluding hydrogens is 416 g/mol. The van der Waals surface area contributed by atoms with Crippen molar-refractivity contribution in [3.63, 3.8) is 0 Å². The van der Waals surface area contributed by atoms with Crippen LogP contribution >= 0.6 is 23.1 Å². The van der Waals surface area contributed by atoms with Gasteiger partial charge in [0.25, 0.3) is 0 Å². The van der Waals surface area contributed by atoms with Gasteiger partial charge in [-0.3, -0.25) is 14.4 Å². The molecule has 0 radical (unpaired) electrons. The van der Waals surface area contributed by atoms with E-state index in [4.69, 9.17) is 0 Å². The minimum absolute atomic E-state index is 0.359. The lowest BCUT2D eigenvalue weighted by Crippen LogP contribution is -2.45. The van der Waals surface area contributed by atoms with Crippen LogP contribution in [0.3, 0.4) is 0 Å². The largest absolute Gasteiger partial charge is 0.299 e. The van der Waals surface area contributed by atoms with E-state index in [1.807, 2.05) is 26.0 Å². The van der Waals surface area contributed by atoms with E-state index in [2.05, 4.69) is 29.4 Å². The third-order valence-electron chi connectivity index (χ3n) is 3.87. The number of rotatable bonds is 8. The predicted molar refractivity (Wildman–Crippen MR) is 117 cm³/mol. The molecule has 0 aliphatic rings. The lowest BCUT2D eigenvalue weighted by Gasteiger charge is -2.29. The second-order valence-corrected chi connectivity index (χ2v) is 11.2. The van der Waals surface area contributed by atoms with Crippen molar-refractivity contribution in [2.24, 2.45) is 5.92 Å². The molecule has 1 aromatic carbocycles. The van der Waals surface area contributed by atoms with Gasteiger partial charge in [0.2, 0.25) is 21.1 Å². The Hall–Kier alpha value is -1.65. The number of benzene rings is 1. The molecule has 1 N–H and O–H groups in total. The first-order valence-electron chi connectivity index (χ1n) is 8.83. The van der Waals surface area contributed by atoms with Crippen LogP contribution in [-0.2, 0) is 14.8 Å². The molecular formula is C18H26N4O3S3. The lowest BCUT2D eigenvalue weighted by molar-refractivity contribution is -0.116. The fraction of sp³-hybridized carbons (Fsp3) is 0.500.